The molecule has 0 bridgehead atoms. The molecule has 1 unspecified atom stereocenters. The van der Waals surface area contributed by atoms with Gasteiger partial charge in [0.2, 0.25) is 0 Å². The van der Waals surface area contributed by atoms with Gasteiger partial charge in [0.05, 0.1) is 12.6 Å². The first-order valence-electron chi connectivity index (χ1n) is 10.8. The molecular formula is C22H31IN6O. The largest absolute Gasteiger partial charge is 0.493 e. The van der Waals surface area contributed by atoms with Gasteiger partial charge in [0.15, 0.2) is 11.8 Å². The van der Waals surface area contributed by atoms with Gasteiger partial charge in [-0.3, -0.25) is 0 Å². The molecule has 2 aliphatic heterocycles. The van der Waals surface area contributed by atoms with Crippen LogP contribution in [0.25, 0.3) is 0 Å². The number of aryl methyl sites for hydroxylation is 1. The Balaban J connectivity index is 0.00000218. The van der Waals surface area contributed by atoms with E-state index < -0.39 is 0 Å². The molecule has 8 heteroatoms. The van der Waals surface area contributed by atoms with E-state index in [0.717, 1.165) is 49.5 Å². The van der Waals surface area contributed by atoms with Crippen LogP contribution >= 0.6 is 24.0 Å². The van der Waals surface area contributed by atoms with Crippen LogP contribution in [0, 0.1) is 12.3 Å². The van der Waals surface area contributed by atoms with Crippen LogP contribution in [0.3, 0.4) is 0 Å². The van der Waals surface area contributed by atoms with Crippen molar-refractivity contribution in [3.05, 3.63) is 41.5 Å². The lowest BCUT2D eigenvalue weighted by molar-refractivity contribution is 0.151. The summed E-state index contributed by atoms with van der Waals surface area (Å²) in [4.78, 5) is 7.47. The summed E-state index contributed by atoms with van der Waals surface area (Å²) >= 11 is 0. The molecule has 0 amide bonds. The number of rotatable bonds is 3. The molecule has 1 aliphatic carbocycles. The third-order valence-corrected chi connectivity index (χ3v) is 6.97. The standard InChI is InChI=1S/C22H30N6O.HI/c1-16-25-26-20(27(16)2)14-23-21(28-12-11-22(15-28)9-5-10-22)24-18-8-13-29-19-7-4-3-6-17(18)19;/h3-4,6-7,18H,5,8-15H2,1-2H3,(H,23,24);1H. The van der Waals surface area contributed by atoms with Crippen LogP contribution in [0.5, 0.6) is 5.75 Å². The van der Waals surface area contributed by atoms with E-state index in [1.165, 1.54) is 31.2 Å². The smallest absolute Gasteiger partial charge is 0.194 e. The van der Waals surface area contributed by atoms with Crippen molar-refractivity contribution >= 4 is 29.9 Å². The molecule has 7 nitrogen and oxygen atoms in total. The molecule has 1 aromatic heterocycles. The van der Waals surface area contributed by atoms with Gasteiger partial charge in [-0.25, -0.2) is 4.99 Å². The van der Waals surface area contributed by atoms with Crippen LogP contribution in [0.1, 0.15) is 55.4 Å². The SMILES string of the molecule is Cc1nnc(CN=C(NC2CCOc3ccccc32)N2CCC3(CCC3)C2)n1C.I. The summed E-state index contributed by atoms with van der Waals surface area (Å²) < 4.78 is 7.87. The molecule has 1 aromatic carbocycles. The summed E-state index contributed by atoms with van der Waals surface area (Å²) in [5, 5.41) is 12.2. The number of nitrogens with one attached hydrogen (secondary N) is 1. The first kappa shape index (κ1) is 21.4. The van der Waals surface area contributed by atoms with Crippen molar-refractivity contribution in [2.75, 3.05) is 19.7 Å². The molecular weight excluding hydrogens is 491 g/mol. The number of aromatic nitrogens is 3. The van der Waals surface area contributed by atoms with E-state index in [-0.39, 0.29) is 30.0 Å². The number of hydrogen-bond acceptors (Lipinski definition) is 4. The zero-order chi connectivity index (χ0) is 19.8. The van der Waals surface area contributed by atoms with Gasteiger partial charge in [-0.1, -0.05) is 24.6 Å². The molecule has 1 saturated carbocycles. The highest BCUT2D eigenvalue weighted by atomic mass is 127. The fourth-order valence-corrected chi connectivity index (χ4v) is 4.82. The molecule has 3 heterocycles. The predicted molar refractivity (Wildman–Crippen MR) is 127 cm³/mol. The second kappa shape index (κ2) is 8.72. The molecule has 3 aliphatic rings. The Hall–Kier alpha value is -1.84. The van der Waals surface area contributed by atoms with Crippen LogP contribution in [0.4, 0.5) is 0 Å². The second-order valence-corrected chi connectivity index (χ2v) is 8.76. The first-order valence-corrected chi connectivity index (χ1v) is 10.8. The van der Waals surface area contributed by atoms with Gasteiger partial charge in [-0.05, 0) is 37.7 Å². The number of fused-ring (bicyclic) bond motifs is 1. The number of likely N-dealkylation sites (tertiary alicyclic amines) is 1. The molecule has 1 spiro atoms. The Morgan fingerprint density at radius 3 is 2.80 bits per heavy atom. The summed E-state index contributed by atoms with van der Waals surface area (Å²) in [7, 11) is 2.00. The summed E-state index contributed by atoms with van der Waals surface area (Å²) in [6, 6.07) is 8.56. The van der Waals surface area contributed by atoms with Crippen molar-refractivity contribution in [3.63, 3.8) is 0 Å². The van der Waals surface area contributed by atoms with E-state index in [9.17, 15) is 0 Å². The topological polar surface area (TPSA) is 67.6 Å². The van der Waals surface area contributed by atoms with Gasteiger partial charge in [0.25, 0.3) is 0 Å². The minimum absolute atomic E-state index is 0. The van der Waals surface area contributed by atoms with E-state index >= 15 is 0 Å². The molecule has 0 radical (unpaired) electrons. The van der Waals surface area contributed by atoms with Gasteiger partial charge in [0.1, 0.15) is 18.1 Å². The maximum absolute atomic E-state index is 5.85. The van der Waals surface area contributed by atoms with Crippen LogP contribution in [-0.2, 0) is 13.6 Å². The maximum Gasteiger partial charge on any atom is 0.194 e. The molecule has 162 valence electrons. The van der Waals surface area contributed by atoms with Crippen LogP contribution in [-0.4, -0.2) is 45.3 Å². The van der Waals surface area contributed by atoms with Gasteiger partial charge in [0, 0.05) is 32.1 Å². The lowest BCUT2D eigenvalue weighted by atomic mass is 9.68. The molecule has 1 N–H and O–H groups in total. The number of nitrogens with zero attached hydrogens (tertiary/aromatic N) is 5. The van der Waals surface area contributed by atoms with E-state index in [2.05, 4.69) is 38.6 Å². The van der Waals surface area contributed by atoms with Crippen molar-refractivity contribution in [2.45, 2.75) is 51.6 Å². The Morgan fingerprint density at radius 1 is 1.27 bits per heavy atom. The van der Waals surface area contributed by atoms with Gasteiger partial charge >= 0.3 is 0 Å². The predicted octanol–water partition coefficient (Wildman–Crippen LogP) is 3.59. The number of guanidine groups is 1. The van der Waals surface area contributed by atoms with E-state index in [1.54, 1.807) is 0 Å². The van der Waals surface area contributed by atoms with Crippen molar-refractivity contribution in [1.29, 1.82) is 0 Å². The Labute approximate surface area is 195 Å². The van der Waals surface area contributed by atoms with E-state index in [0.29, 0.717) is 12.0 Å². The molecule has 1 atom stereocenters. The zero-order valence-electron chi connectivity index (χ0n) is 17.8. The number of benzene rings is 1. The quantitative estimate of drug-likeness (QED) is 0.379. The summed E-state index contributed by atoms with van der Waals surface area (Å²) in [6.45, 7) is 5.43. The monoisotopic (exact) mass is 522 g/mol. The van der Waals surface area contributed by atoms with Gasteiger partial charge in [-0.2, -0.15) is 0 Å². The Bertz CT molecular complexity index is 922. The zero-order valence-corrected chi connectivity index (χ0v) is 20.1. The average Bonchev–Trinajstić information content (AvgIpc) is 3.31. The lowest BCUT2D eigenvalue weighted by Crippen LogP contribution is -2.44. The minimum atomic E-state index is 0. The summed E-state index contributed by atoms with van der Waals surface area (Å²) in [5.74, 6) is 3.79. The molecule has 5 rings (SSSR count). The summed E-state index contributed by atoms with van der Waals surface area (Å²) in [5.41, 5.74) is 1.75. The average molecular weight is 522 g/mol. The summed E-state index contributed by atoms with van der Waals surface area (Å²) in [6.07, 6.45) is 6.32. The van der Waals surface area contributed by atoms with Crippen molar-refractivity contribution in [1.82, 2.24) is 25.0 Å². The van der Waals surface area contributed by atoms with Crippen molar-refractivity contribution in [2.24, 2.45) is 17.5 Å². The highest BCUT2D eigenvalue weighted by Gasteiger charge is 2.44. The molecule has 1 saturated heterocycles. The van der Waals surface area contributed by atoms with Gasteiger partial charge < -0.3 is 19.5 Å². The van der Waals surface area contributed by atoms with Crippen molar-refractivity contribution < 1.29 is 4.74 Å². The number of aliphatic imine (C=N–C) groups is 1. The number of para-hydroxylation sites is 1. The number of hydrogen-bond donors (Lipinski definition) is 1. The lowest BCUT2D eigenvalue weighted by Gasteiger charge is -2.38. The molecule has 30 heavy (non-hydrogen) atoms. The molecule has 2 aromatic rings. The van der Waals surface area contributed by atoms with E-state index in [4.69, 9.17) is 9.73 Å². The van der Waals surface area contributed by atoms with Crippen LogP contribution < -0.4 is 10.1 Å². The normalized spacial score (nSPS) is 22.1. The number of ether oxygens (including phenoxy) is 1. The Kier molecular flexibility index (Phi) is 6.22. The highest BCUT2D eigenvalue weighted by Crippen LogP contribution is 2.48. The minimum Gasteiger partial charge on any atom is -0.493 e. The fraction of sp³-hybridized carbons (Fsp3) is 0.591. The van der Waals surface area contributed by atoms with Crippen LogP contribution in [0.2, 0.25) is 0 Å². The van der Waals surface area contributed by atoms with Crippen molar-refractivity contribution in [3.8, 4) is 5.75 Å². The molecule has 2 fully saturated rings. The first-order chi connectivity index (χ1) is 14.1. The second-order valence-electron chi connectivity index (χ2n) is 8.76. The number of halogens is 1. The highest BCUT2D eigenvalue weighted by molar-refractivity contribution is 14.0. The third kappa shape index (κ3) is 4.02. The fourth-order valence-electron chi connectivity index (χ4n) is 4.82. The third-order valence-electron chi connectivity index (χ3n) is 6.97. The van der Waals surface area contributed by atoms with Crippen LogP contribution in [0.15, 0.2) is 29.3 Å². The maximum atomic E-state index is 5.85. The van der Waals surface area contributed by atoms with E-state index in [1.807, 2.05) is 24.6 Å². The van der Waals surface area contributed by atoms with Gasteiger partial charge in [-0.15, -0.1) is 34.2 Å². The Morgan fingerprint density at radius 2 is 2.10 bits per heavy atom.